The van der Waals surface area contributed by atoms with E-state index in [1.807, 2.05) is 6.07 Å². The third-order valence-corrected chi connectivity index (χ3v) is 3.99. The molecule has 0 fully saturated rings. The number of hydrogen-bond acceptors (Lipinski definition) is 4. The van der Waals surface area contributed by atoms with E-state index in [1.54, 1.807) is 11.8 Å². The van der Waals surface area contributed by atoms with E-state index in [9.17, 15) is 4.79 Å². The second kappa shape index (κ2) is 6.11. The van der Waals surface area contributed by atoms with Crippen LogP contribution in [0.2, 0.25) is 0 Å². The number of aliphatic carboxylic acids is 1. The van der Waals surface area contributed by atoms with Crippen molar-refractivity contribution in [3.63, 3.8) is 0 Å². The number of carbonyl (C=O) groups is 1. The average Bonchev–Trinajstić information content (AvgIpc) is 2.81. The summed E-state index contributed by atoms with van der Waals surface area (Å²) >= 11 is 1.58. The molecule has 3 N–H and O–H groups in total. The summed E-state index contributed by atoms with van der Waals surface area (Å²) in [4.78, 5) is 10.5. The molecule has 98 valence electrons. The Morgan fingerprint density at radius 3 is 3.17 bits per heavy atom. The van der Waals surface area contributed by atoms with Crippen LogP contribution in [0, 0.1) is 0 Å². The number of aryl methyl sites for hydroxylation is 1. The van der Waals surface area contributed by atoms with E-state index in [0.29, 0.717) is 5.75 Å². The van der Waals surface area contributed by atoms with Crippen LogP contribution in [0.4, 0.5) is 0 Å². The molecule has 0 bridgehead atoms. The number of benzene rings is 1. The SMILES string of the molecule is N[C@@H](CSCCc1ccc2c(c1)CCO2)C(=O)O. The first-order chi connectivity index (χ1) is 8.66. The molecule has 1 aliphatic heterocycles. The van der Waals surface area contributed by atoms with Crippen LogP contribution in [0.15, 0.2) is 18.2 Å². The summed E-state index contributed by atoms with van der Waals surface area (Å²) in [5, 5.41) is 8.65. The topological polar surface area (TPSA) is 72.5 Å². The van der Waals surface area contributed by atoms with Crippen LogP contribution in [-0.4, -0.2) is 35.2 Å². The Morgan fingerprint density at radius 1 is 1.56 bits per heavy atom. The lowest BCUT2D eigenvalue weighted by Gasteiger charge is -2.07. The smallest absolute Gasteiger partial charge is 0.321 e. The Hall–Kier alpha value is -1.20. The van der Waals surface area contributed by atoms with Crippen LogP contribution >= 0.6 is 11.8 Å². The molecule has 5 heteroatoms. The van der Waals surface area contributed by atoms with Crippen LogP contribution in [0.3, 0.4) is 0 Å². The van der Waals surface area contributed by atoms with Crippen LogP contribution in [0.25, 0.3) is 0 Å². The lowest BCUT2D eigenvalue weighted by atomic mass is 10.1. The molecule has 1 heterocycles. The Labute approximate surface area is 111 Å². The van der Waals surface area contributed by atoms with Gasteiger partial charge in [0.05, 0.1) is 6.61 Å². The van der Waals surface area contributed by atoms with Crippen molar-refractivity contribution in [2.75, 3.05) is 18.1 Å². The summed E-state index contributed by atoms with van der Waals surface area (Å²) < 4.78 is 5.45. The number of carboxylic acids is 1. The molecule has 0 unspecified atom stereocenters. The molecule has 0 aromatic heterocycles. The Balaban J connectivity index is 1.75. The van der Waals surface area contributed by atoms with Gasteiger partial charge in [-0.1, -0.05) is 12.1 Å². The van der Waals surface area contributed by atoms with Crippen molar-refractivity contribution >= 4 is 17.7 Å². The summed E-state index contributed by atoms with van der Waals surface area (Å²) in [5.74, 6) is 1.42. The number of hydrogen-bond donors (Lipinski definition) is 2. The van der Waals surface area contributed by atoms with Crippen LogP contribution in [0.1, 0.15) is 11.1 Å². The number of ether oxygens (including phenoxy) is 1. The quantitative estimate of drug-likeness (QED) is 0.760. The third kappa shape index (κ3) is 3.40. The van der Waals surface area contributed by atoms with E-state index < -0.39 is 12.0 Å². The normalized spacial score (nSPS) is 14.9. The maximum atomic E-state index is 10.5. The second-order valence-electron chi connectivity index (χ2n) is 4.31. The van der Waals surface area contributed by atoms with Gasteiger partial charge < -0.3 is 15.6 Å². The molecule has 1 aromatic rings. The van der Waals surface area contributed by atoms with E-state index in [2.05, 4.69) is 12.1 Å². The zero-order valence-corrected chi connectivity index (χ0v) is 10.9. The Bertz CT molecular complexity index is 436. The van der Waals surface area contributed by atoms with Crippen molar-refractivity contribution in [3.05, 3.63) is 29.3 Å². The highest BCUT2D eigenvalue weighted by atomic mass is 32.2. The summed E-state index contributed by atoms with van der Waals surface area (Å²) in [6.45, 7) is 0.779. The molecular formula is C13H17NO3S. The number of fused-ring (bicyclic) bond motifs is 1. The fraction of sp³-hybridized carbons (Fsp3) is 0.462. The highest BCUT2D eigenvalue weighted by Crippen LogP contribution is 2.26. The summed E-state index contributed by atoms with van der Waals surface area (Å²) in [5.41, 5.74) is 7.98. The highest BCUT2D eigenvalue weighted by molar-refractivity contribution is 7.99. The zero-order valence-electron chi connectivity index (χ0n) is 10.1. The molecule has 1 atom stereocenters. The third-order valence-electron chi connectivity index (χ3n) is 2.90. The van der Waals surface area contributed by atoms with Gasteiger partial charge >= 0.3 is 5.97 Å². The van der Waals surface area contributed by atoms with E-state index in [1.165, 1.54) is 11.1 Å². The Kier molecular flexibility index (Phi) is 4.49. The molecule has 0 amide bonds. The first-order valence-electron chi connectivity index (χ1n) is 5.97. The molecule has 2 rings (SSSR count). The summed E-state index contributed by atoms with van der Waals surface area (Å²) in [6.07, 6.45) is 1.92. The van der Waals surface area contributed by atoms with Crippen molar-refractivity contribution in [3.8, 4) is 5.75 Å². The molecule has 0 spiro atoms. The maximum Gasteiger partial charge on any atom is 0.321 e. The molecule has 0 saturated carbocycles. The van der Waals surface area contributed by atoms with E-state index in [4.69, 9.17) is 15.6 Å². The lowest BCUT2D eigenvalue weighted by molar-refractivity contribution is -0.137. The number of nitrogens with two attached hydrogens (primary N) is 1. The number of thioether (sulfide) groups is 1. The average molecular weight is 267 g/mol. The van der Waals surface area contributed by atoms with Crippen molar-refractivity contribution in [2.45, 2.75) is 18.9 Å². The predicted octanol–water partition coefficient (Wildman–Crippen LogP) is 1.31. The molecule has 18 heavy (non-hydrogen) atoms. The van der Waals surface area contributed by atoms with E-state index in [0.717, 1.165) is 31.0 Å². The van der Waals surface area contributed by atoms with Gasteiger partial charge in [0, 0.05) is 12.2 Å². The van der Waals surface area contributed by atoms with Gasteiger partial charge in [-0.05, 0) is 29.4 Å². The zero-order chi connectivity index (χ0) is 13.0. The van der Waals surface area contributed by atoms with Gasteiger partial charge in [-0.2, -0.15) is 11.8 Å². The first-order valence-corrected chi connectivity index (χ1v) is 7.13. The van der Waals surface area contributed by atoms with Gasteiger partial charge in [-0.15, -0.1) is 0 Å². The standard InChI is InChI=1S/C13H17NO3S/c14-11(13(15)16)8-18-6-4-9-1-2-12-10(7-9)3-5-17-12/h1-2,7,11H,3-6,8,14H2,(H,15,16)/t11-/m0/s1. The first kappa shape index (κ1) is 13.2. The molecule has 0 saturated heterocycles. The minimum absolute atomic E-state index is 0.462. The van der Waals surface area contributed by atoms with Gasteiger partial charge in [-0.25, -0.2) is 0 Å². The Morgan fingerprint density at radius 2 is 2.39 bits per heavy atom. The van der Waals surface area contributed by atoms with Crippen molar-refractivity contribution in [1.82, 2.24) is 0 Å². The summed E-state index contributed by atoms with van der Waals surface area (Å²) in [7, 11) is 0. The van der Waals surface area contributed by atoms with Gasteiger partial charge in [-0.3, -0.25) is 4.79 Å². The maximum absolute atomic E-state index is 10.5. The monoisotopic (exact) mass is 267 g/mol. The minimum atomic E-state index is -0.933. The largest absolute Gasteiger partial charge is 0.493 e. The summed E-state index contributed by atoms with van der Waals surface area (Å²) in [6, 6.07) is 5.51. The molecule has 4 nitrogen and oxygen atoms in total. The van der Waals surface area contributed by atoms with E-state index in [-0.39, 0.29) is 0 Å². The van der Waals surface area contributed by atoms with Crippen LogP contribution in [-0.2, 0) is 17.6 Å². The fourth-order valence-electron chi connectivity index (χ4n) is 1.87. The lowest BCUT2D eigenvalue weighted by Crippen LogP contribution is -2.32. The van der Waals surface area contributed by atoms with Crippen LogP contribution in [0.5, 0.6) is 5.75 Å². The number of rotatable bonds is 6. The molecule has 0 aliphatic carbocycles. The van der Waals surface area contributed by atoms with Gasteiger partial charge in [0.25, 0.3) is 0 Å². The van der Waals surface area contributed by atoms with Gasteiger partial charge in [0.2, 0.25) is 0 Å². The fourth-order valence-corrected chi connectivity index (χ4v) is 2.81. The predicted molar refractivity (Wildman–Crippen MR) is 72.3 cm³/mol. The highest BCUT2D eigenvalue weighted by Gasteiger charge is 2.13. The molecule has 0 radical (unpaired) electrons. The van der Waals surface area contributed by atoms with Gasteiger partial charge in [0.1, 0.15) is 11.8 Å². The van der Waals surface area contributed by atoms with Crippen molar-refractivity contribution < 1.29 is 14.6 Å². The molecule has 1 aromatic carbocycles. The van der Waals surface area contributed by atoms with Crippen molar-refractivity contribution in [2.24, 2.45) is 5.73 Å². The van der Waals surface area contributed by atoms with Crippen molar-refractivity contribution in [1.29, 1.82) is 0 Å². The second-order valence-corrected chi connectivity index (χ2v) is 5.46. The van der Waals surface area contributed by atoms with Gasteiger partial charge in [0.15, 0.2) is 0 Å². The van der Waals surface area contributed by atoms with Crippen LogP contribution < -0.4 is 10.5 Å². The molecular weight excluding hydrogens is 250 g/mol. The minimum Gasteiger partial charge on any atom is -0.493 e. The number of carboxylic acid groups (broad SMARTS) is 1. The molecule has 1 aliphatic rings. The van der Waals surface area contributed by atoms with E-state index >= 15 is 0 Å².